The molecule has 0 saturated carbocycles. The first kappa shape index (κ1) is 14.8. The van der Waals surface area contributed by atoms with Gasteiger partial charge in [0, 0.05) is 3.81 Å². The van der Waals surface area contributed by atoms with Gasteiger partial charge < -0.3 is 0 Å². The zero-order valence-corrected chi connectivity index (χ0v) is 16.1. The number of allylic oxidation sites excluding steroid dienone is 6. The van der Waals surface area contributed by atoms with E-state index in [0.717, 1.165) is 0 Å². The van der Waals surface area contributed by atoms with Gasteiger partial charge in [0.25, 0.3) is 0 Å². The van der Waals surface area contributed by atoms with Crippen LogP contribution in [0, 0.1) is 0 Å². The molecule has 0 nitrogen and oxygen atoms in total. The molecule has 0 aromatic heterocycles. The van der Waals surface area contributed by atoms with E-state index in [-0.39, 0.29) is 32.7 Å². The maximum Gasteiger partial charge on any atom is 0.0382 e. The SMILES string of the molecule is BrC1=CC=C[SH]1c1cc([SH]2C=CC=C2)cc([SH]2C=CC=C2)c1. The lowest BCUT2D eigenvalue weighted by Gasteiger charge is -2.22. The molecule has 4 rings (SSSR count). The van der Waals surface area contributed by atoms with Gasteiger partial charge >= 0.3 is 0 Å². The van der Waals surface area contributed by atoms with Gasteiger partial charge in [-0.1, -0.05) is 30.4 Å². The molecule has 3 aliphatic rings. The van der Waals surface area contributed by atoms with Gasteiger partial charge in [0.2, 0.25) is 0 Å². The highest BCUT2D eigenvalue weighted by Crippen LogP contribution is 2.56. The van der Waals surface area contributed by atoms with Crippen molar-refractivity contribution in [1.82, 2.24) is 0 Å². The van der Waals surface area contributed by atoms with Gasteiger partial charge in [-0.05, 0) is 81.9 Å². The molecule has 0 N–H and O–H groups in total. The first-order valence-corrected chi connectivity index (χ1v) is 12.2. The lowest BCUT2D eigenvalue weighted by molar-refractivity contribution is 1.23. The van der Waals surface area contributed by atoms with E-state index >= 15 is 0 Å². The van der Waals surface area contributed by atoms with Crippen molar-refractivity contribution in [2.45, 2.75) is 14.7 Å². The average molecular weight is 409 g/mol. The van der Waals surface area contributed by atoms with Crippen molar-refractivity contribution in [1.29, 1.82) is 0 Å². The van der Waals surface area contributed by atoms with E-state index in [1.165, 1.54) is 18.5 Å². The lowest BCUT2D eigenvalue weighted by Crippen LogP contribution is -1.86. The Hall–Kier alpha value is -0.810. The highest BCUT2D eigenvalue weighted by molar-refractivity contribution is 9.14. The van der Waals surface area contributed by atoms with Crippen molar-refractivity contribution in [3.05, 3.63) is 85.5 Å². The summed E-state index contributed by atoms with van der Waals surface area (Å²) >= 11 is 3.74. The molecule has 0 saturated heterocycles. The number of rotatable bonds is 3. The Morgan fingerprint density at radius 3 is 1.55 bits per heavy atom. The van der Waals surface area contributed by atoms with E-state index in [0.29, 0.717) is 0 Å². The Labute approximate surface area is 148 Å². The van der Waals surface area contributed by atoms with Gasteiger partial charge in [0.15, 0.2) is 0 Å². The topological polar surface area (TPSA) is 0 Å². The zero-order chi connectivity index (χ0) is 14.9. The van der Waals surface area contributed by atoms with Crippen LogP contribution in [-0.2, 0) is 0 Å². The summed E-state index contributed by atoms with van der Waals surface area (Å²) in [7, 11) is -0.867. The number of benzene rings is 1. The maximum atomic E-state index is 3.74. The van der Waals surface area contributed by atoms with Crippen LogP contribution in [0.2, 0.25) is 0 Å². The Morgan fingerprint density at radius 2 is 1.09 bits per heavy atom. The molecule has 0 amide bonds. The Kier molecular flexibility index (Phi) is 4.27. The second-order valence-corrected chi connectivity index (χ2v) is 12.4. The molecule has 0 bridgehead atoms. The highest BCUT2D eigenvalue weighted by atomic mass is 79.9. The fraction of sp³-hybridized carbons (Fsp3) is 0. The normalized spacial score (nSPS) is 26.4. The molecular weight excluding hydrogens is 392 g/mol. The predicted octanol–water partition coefficient (Wildman–Crippen LogP) is 6.61. The summed E-state index contributed by atoms with van der Waals surface area (Å²) in [5, 5.41) is 11.7. The smallest absolute Gasteiger partial charge is 0.0382 e. The largest absolute Gasteiger partial charge is 0.186 e. The van der Waals surface area contributed by atoms with Crippen molar-refractivity contribution in [3.8, 4) is 0 Å². The van der Waals surface area contributed by atoms with Crippen molar-refractivity contribution in [3.63, 3.8) is 0 Å². The molecule has 0 radical (unpaired) electrons. The molecule has 4 heteroatoms. The molecule has 1 atom stereocenters. The van der Waals surface area contributed by atoms with Gasteiger partial charge in [-0.15, -0.1) is 0 Å². The van der Waals surface area contributed by atoms with Gasteiger partial charge in [0.05, 0.1) is 0 Å². The van der Waals surface area contributed by atoms with Gasteiger partial charge in [-0.3, -0.25) is 0 Å². The summed E-state index contributed by atoms with van der Waals surface area (Å²) in [4.78, 5) is 4.42. The van der Waals surface area contributed by atoms with Crippen LogP contribution in [0.3, 0.4) is 0 Å². The molecule has 3 heterocycles. The van der Waals surface area contributed by atoms with Crippen LogP contribution in [0.1, 0.15) is 0 Å². The minimum atomic E-state index is -0.341. The molecule has 3 aliphatic heterocycles. The van der Waals surface area contributed by atoms with E-state index in [1.807, 2.05) is 0 Å². The second-order valence-electron chi connectivity index (χ2n) is 5.09. The Balaban J connectivity index is 1.80. The van der Waals surface area contributed by atoms with Gasteiger partial charge in [-0.25, -0.2) is 0 Å². The van der Waals surface area contributed by atoms with E-state index in [9.17, 15) is 0 Å². The lowest BCUT2D eigenvalue weighted by atomic mass is 10.4. The first-order valence-electron chi connectivity index (χ1n) is 7.06. The van der Waals surface area contributed by atoms with E-state index in [4.69, 9.17) is 0 Å². The van der Waals surface area contributed by atoms with Crippen molar-refractivity contribution < 1.29 is 0 Å². The number of halogens is 1. The highest BCUT2D eigenvalue weighted by Gasteiger charge is 2.16. The summed E-state index contributed by atoms with van der Waals surface area (Å²) in [5.74, 6) is 0. The zero-order valence-electron chi connectivity index (χ0n) is 11.8. The van der Waals surface area contributed by atoms with Crippen LogP contribution in [0.15, 0.2) is 100 Å². The van der Waals surface area contributed by atoms with Crippen molar-refractivity contribution >= 4 is 48.6 Å². The average Bonchev–Trinajstić information content (AvgIpc) is 3.29. The fourth-order valence-corrected chi connectivity index (χ4v) is 8.83. The third-order valence-corrected chi connectivity index (χ3v) is 10.7. The predicted molar refractivity (Wildman–Crippen MR) is 111 cm³/mol. The van der Waals surface area contributed by atoms with Crippen LogP contribution in [0.4, 0.5) is 0 Å². The molecule has 114 valence electrons. The number of hydrogen-bond donors (Lipinski definition) is 3. The summed E-state index contributed by atoms with van der Waals surface area (Å²) in [5.41, 5.74) is 0. The quantitative estimate of drug-likeness (QED) is 0.460. The van der Waals surface area contributed by atoms with Crippen LogP contribution < -0.4 is 0 Å². The fourth-order valence-electron chi connectivity index (χ4n) is 2.60. The first-order chi connectivity index (χ1) is 10.8. The third kappa shape index (κ3) is 2.85. The molecular formula is C18H17BrS3. The van der Waals surface area contributed by atoms with E-state index in [2.05, 4.69) is 97.6 Å². The maximum absolute atomic E-state index is 3.74. The monoisotopic (exact) mass is 408 g/mol. The third-order valence-electron chi connectivity index (χ3n) is 3.67. The van der Waals surface area contributed by atoms with E-state index in [1.54, 1.807) is 0 Å². The number of thiol groups is 3. The van der Waals surface area contributed by atoms with Gasteiger partial charge in [-0.2, -0.15) is 32.7 Å². The minimum Gasteiger partial charge on any atom is -0.186 e. The molecule has 1 aromatic carbocycles. The van der Waals surface area contributed by atoms with Crippen LogP contribution in [0.5, 0.6) is 0 Å². The molecule has 0 spiro atoms. The molecule has 22 heavy (non-hydrogen) atoms. The summed E-state index contributed by atoms with van der Waals surface area (Å²) in [6.45, 7) is 0. The summed E-state index contributed by atoms with van der Waals surface area (Å²) in [6, 6.07) is 7.27. The number of hydrogen-bond acceptors (Lipinski definition) is 0. The van der Waals surface area contributed by atoms with E-state index < -0.39 is 0 Å². The molecule has 1 unspecified atom stereocenters. The van der Waals surface area contributed by atoms with Crippen LogP contribution in [-0.4, -0.2) is 0 Å². The summed E-state index contributed by atoms with van der Waals surface area (Å²) < 4.78 is 1.32. The molecule has 0 aliphatic carbocycles. The molecule has 0 fully saturated rings. The standard InChI is InChI=1S/C18H17BrS3/c19-18-6-5-11-22(18)17-13-15(20-7-1-2-8-20)12-16(14-17)21-9-3-4-10-21/h1-14,20-22H. The van der Waals surface area contributed by atoms with Gasteiger partial charge in [0.1, 0.15) is 0 Å². The Bertz CT molecular complexity index is 713. The van der Waals surface area contributed by atoms with Crippen molar-refractivity contribution in [2.75, 3.05) is 0 Å². The summed E-state index contributed by atoms with van der Waals surface area (Å²) in [6.07, 6.45) is 13.1. The second kappa shape index (κ2) is 6.36. The minimum absolute atomic E-state index is 0.263. The van der Waals surface area contributed by atoms with Crippen molar-refractivity contribution in [2.24, 2.45) is 0 Å². The van der Waals surface area contributed by atoms with Crippen LogP contribution in [0.25, 0.3) is 0 Å². The Morgan fingerprint density at radius 1 is 0.591 bits per heavy atom. The van der Waals surface area contributed by atoms with Crippen LogP contribution >= 0.6 is 48.6 Å². The molecule has 1 aromatic rings.